The molecule has 5 rings (SSSR count). The number of fused-ring (bicyclic) bond motifs is 2. The monoisotopic (exact) mass is 467 g/mol. The van der Waals surface area contributed by atoms with Gasteiger partial charge in [0, 0.05) is 16.7 Å². The Hall–Kier alpha value is -3.28. The van der Waals surface area contributed by atoms with Crippen LogP contribution >= 0.6 is 23.6 Å². The van der Waals surface area contributed by atoms with Crippen LogP contribution in [0.25, 0.3) is 32.1 Å². The zero-order chi connectivity index (χ0) is 23.0. The molecule has 0 aliphatic rings. The molecule has 0 saturated carbocycles. The van der Waals surface area contributed by atoms with Crippen molar-refractivity contribution in [3.63, 3.8) is 0 Å². The van der Waals surface area contributed by atoms with Gasteiger partial charge in [-0.15, -0.1) is 0 Å². The molecule has 3 nitrogen and oxygen atoms in total. The second kappa shape index (κ2) is 8.58. The number of hydrogen-bond acceptors (Lipinski definition) is 4. The van der Waals surface area contributed by atoms with Crippen LogP contribution in [0.15, 0.2) is 84.9 Å². The number of anilines is 2. The van der Waals surface area contributed by atoms with E-state index in [0.29, 0.717) is 4.99 Å². The van der Waals surface area contributed by atoms with Crippen molar-refractivity contribution in [1.29, 1.82) is 0 Å². The van der Waals surface area contributed by atoms with Crippen LogP contribution in [-0.2, 0) is 0 Å². The maximum Gasteiger partial charge on any atom is 0.166 e. The lowest BCUT2D eigenvalue weighted by Crippen LogP contribution is -2.26. The molecule has 0 radical (unpaired) electrons. The van der Waals surface area contributed by atoms with Crippen molar-refractivity contribution in [3.8, 4) is 10.6 Å². The van der Waals surface area contributed by atoms with Crippen molar-refractivity contribution in [3.05, 3.63) is 90.5 Å². The Morgan fingerprint density at radius 2 is 1.39 bits per heavy atom. The van der Waals surface area contributed by atoms with E-state index in [4.69, 9.17) is 17.2 Å². The van der Waals surface area contributed by atoms with Gasteiger partial charge >= 0.3 is 0 Å². The number of rotatable bonds is 4. The smallest absolute Gasteiger partial charge is 0.166 e. The quantitative estimate of drug-likeness (QED) is 0.262. The van der Waals surface area contributed by atoms with Crippen molar-refractivity contribution in [1.82, 2.24) is 4.98 Å². The molecule has 0 aliphatic heterocycles. The molecular weight excluding hydrogens is 442 g/mol. The van der Waals surface area contributed by atoms with E-state index in [9.17, 15) is 0 Å². The molecule has 0 saturated heterocycles. The Morgan fingerprint density at radius 1 is 0.788 bits per heavy atom. The Labute approximate surface area is 203 Å². The standard InChI is InChI=1S/C28H25N3S2/c1-28(2,3)31-27-24(29-25(32)22-14-12-18-8-4-6-10-20(18)16-22)30-26(33-27)23-15-13-19-9-5-7-11-21(19)17-23/h4-17,31H,1-3H3,(H,29,32). The molecule has 0 aliphatic carbocycles. The highest BCUT2D eigenvalue weighted by Crippen LogP contribution is 2.38. The maximum atomic E-state index is 5.78. The molecule has 0 amide bonds. The van der Waals surface area contributed by atoms with E-state index < -0.39 is 0 Å². The van der Waals surface area contributed by atoms with Crippen molar-refractivity contribution < 1.29 is 0 Å². The zero-order valence-electron chi connectivity index (χ0n) is 18.8. The third-order valence-corrected chi connectivity index (χ3v) is 6.71. The van der Waals surface area contributed by atoms with Crippen LogP contribution in [0, 0.1) is 0 Å². The number of benzene rings is 4. The fraction of sp³-hybridized carbons (Fsp3) is 0.143. The molecule has 1 aromatic heterocycles. The molecule has 33 heavy (non-hydrogen) atoms. The van der Waals surface area contributed by atoms with Gasteiger partial charge in [-0.05, 0) is 54.4 Å². The minimum Gasteiger partial charge on any atom is -0.369 e. The molecule has 0 unspecified atom stereocenters. The van der Waals surface area contributed by atoms with Gasteiger partial charge in [0.25, 0.3) is 0 Å². The van der Waals surface area contributed by atoms with Gasteiger partial charge in [0.2, 0.25) is 0 Å². The highest BCUT2D eigenvalue weighted by atomic mass is 32.1. The summed E-state index contributed by atoms with van der Waals surface area (Å²) >= 11 is 7.42. The van der Waals surface area contributed by atoms with E-state index in [1.807, 2.05) is 12.1 Å². The van der Waals surface area contributed by atoms with Crippen LogP contribution in [0.4, 0.5) is 10.8 Å². The Kier molecular flexibility index (Phi) is 5.60. The van der Waals surface area contributed by atoms with Crippen molar-refractivity contribution >= 4 is 60.9 Å². The van der Waals surface area contributed by atoms with E-state index in [1.54, 1.807) is 11.3 Å². The molecule has 0 bridgehead atoms. The second-order valence-corrected chi connectivity index (χ2v) is 10.6. The van der Waals surface area contributed by atoms with Crippen molar-refractivity contribution in [2.45, 2.75) is 26.3 Å². The number of hydrogen-bond donors (Lipinski definition) is 2. The molecule has 5 heteroatoms. The molecule has 0 fully saturated rings. The fourth-order valence-electron chi connectivity index (χ4n) is 3.79. The molecule has 5 aromatic rings. The van der Waals surface area contributed by atoms with Gasteiger partial charge in [0.1, 0.15) is 15.0 Å². The number of thiazole rings is 1. The lowest BCUT2D eigenvalue weighted by molar-refractivity contribution is 0.636. The van der Waals surface area contributed by atoms with Gasteiger partial charge in [-0.2, -0.15) is 0 Å². The second-order valence-electron chi connectivity index (χ2n) is 9.15. The summed E-state index contributed by atoms with van der Waals surface area (Å²) in [5.74, 6) is 0.760. The van der Waals surface area contributed by atoms with E-state index in [-0.39, 0.29) is 5.54 Å². The molecule has 2 N–H and O–H groups in total. The summed E-state index contributed by atoms with van der Waals surface area (Å²) in [6, 6.07) is 29.5. The number of aromatic nitrogens is 1. The van der Waals surface area contributed by atoms with Gasteiger partial charge in [-0.1, -0.05) is 96.4 Å². The summed E-state index contributed by atoms with van der Waals surface area (Å²) in [7, 11) is 0. The van der Waals surface area contributed by atoms with Gasteiger partial charge < -0.3 is 10.6 Å². The summed E-state index contributed by atoms with van der Waals surface area (Å²) in [5, 5.41) is 13.7. The lowest BCUT2D eigenvalue weighted by Gasteiger charge is -2.21. The van der Waals surface area contributed by atoms with Crippen LogP contribution in [0.3, 0.4) is 0 Å². The number of nitrogens with one attached hydrogen (secondary N) is 2. The summed E-state index contributed by atoms with van der Waals surface area (Å²) < 4.78 is 0. The summed E-state index contributed by atoms with van der Waals surface area (Å²) in [5.41, 5.74) is 1.97. The third-order valence-electron chi connectivity index (χ3n) is 5.36. The number of thiocarbonyl (C=S) groups is 1. The highest BCUT2D eigenvalue weighted by Gasteiger charge is 2.19. The van der Waals surface area contributed by atoms with E-state index in [2.05, 4.69) is 104 Å². The largest absolute Gasteiger partial charge is 0.369 e. The molecular formula is C28H25N3S2. The maximum absolute atomic E-state index is 5.78. The Balaban J connectivity index is 1.50. The van der Waals surface area contributed by atoms with Crippen LogP contribution in [0.1, 0.15) is 26.3 Å². The van der Waals surface area contributed by atoms with Gasteiger partial charge in [0.05, 0.1) is 0 Å². The average molecular weight is 468 g/mol. The van der Waals surface area contributed by atoms with Gasteiger partial charge in [0.15, 0.2) is 5.82 Å². The fourth-order valence-corrected chi connectivity index (χ4v) is 5.14. The first-order valence-electron chi connectivity index (χ1n) is 10.9. The minimum atomic E-state index is -0.103. The zero-order valence-corrected chi connectivity index (χ0v) is 20.5. The van der Waals surface area contributed by atoms with Crippen LogP contribution in [0.2, 0.25) is 0 Å². The summed E-state index contributed by atoms with van der Waals surface area (Å²) in [6.07, 6.45) is 0. The van der Waals surface area contributed by atoms with Crippen LogP contribution in [-0.4, -0.2) is 15.5 Å². The topological polar surface area (TPSA) is 37.0 Å². The lowest BCUT2D eigenvalue weighted by atomic mass is 10.1. The first-order chi connectivity index (χ1) is 15.9. The Morgan fingerprint density at radius 3 is 2.06 bits per heavy atom. The van der Waals surface area contributed by atoms with Crippen LogP contribution in [0.5, 0.6) is 0 Å². The molecule has 164 valence electrons. The number of nitrogens with zero attached hydrogens (tertiary/aromatic N) is 1. The first-order valence-corrected chi connectivity index (χ1v) is 12.2. The average Bonchev–Trinajstić information content (AvgIpc) is 3.18. The Bertz CT molecular complexity index is 1480. The van der Waals surface area contributed by atoms with Crippen molar-refractivity contribution in [2.24, 2.45) is 0 Å². The van der Waals surface area contributed by atoms with Gasteiger partial charge in [-0.3, -0.25) is 0 Å². The van der Waals surface area contributed by atoms with Crippen LogP contribution < -0.4 is 10.6 Å². The SMILES string of the molecule is CC(C)(C)Nc1sc(-c2ccc3ccccc3c2)nc1NC(=S)c1ccc2ccccc2c1. The summed E-state index contributed by atoms with van der Waals surface area (Å²) in [6.45, 7) is 6.44. The third kappa shape index (κ3) is 4.75. The molecule has 1 heterocycles. The predicted molar refractivity (Wildman–Crippen MR) is 148 cm³/mol. The van der Waals surface area contributed by atoms with E-state index in [0.717, 1.165) is 27.0 Å². The first kappa shape index (κ1) is 21.6. The van der Waals surface area contributed by atoms with E-state index in [1.165, 1.54) is 21.5 Å². The molecule has 0 atom stereocenters. The highest BCUT2D eigenvalue weighted by molar-refractivity contribution is 7.81. The van der Waals surface area contributed by atoms with Gasteiger partial charge in [-0.25, -0.2) is 4.98 Å². The minimum absolute atomic E-state index is 0.103. The molecule has 0 spiro atoms. The van der Waals surface area contributed by atoms with Crippen molar-refractivity contribution in [2.75, 3.05) is 10.6 Å². The van der Waals surface area contributed by atoms with E-state index >= 15 is 0 Å². The molecule has 4 aromatic carbocycles. The normalized spacial score (nSPS) is 11.6. The predicted octanol–water partition coefficient (Wildman–Crippen LogP) is 8.11. The summed E-state index contributed by atoms with van der Waals surface area (Å²) in [4.78, 5) is 5.62.